The molecule has 5 aliphatic carbocycles. The first-order chi connectivity index (χ1) is 22.2. The Morgan fingerprint density at radius 2 is 1.69 bits per heavy atom. The van der Waals surface area contributed by atoms with Gasteiger partial charge in [-0.25, -0.2) is 0 Å². The number of carbonyl (C=O) groups is 1. The Morgan fingerprint density at radius 1 is 0.979 bits per heavy atom. The Hall–Kier alpha value is -1.15. The lowest BCUT2D eigenvalue weighted by Crippen LogP contribution is -2.64. The average Bonchev–Trinajstić information content (AvgIpc) is 3.52. The Morgan fingerprint density at radius 3 is 2.38 bits per heavy atom. The van der Waals surface area contributed by atoms with Gasteiger partial charge in [0.05, 0.1) is 24.4 Å². The van der Waals surface area contributed by atoms with Gasteiger partial charge in [-0.15, -0.1) is 0 Å². The maximum absolute atomic E-state index is 12.9. The first-order valence-corrected chi connectivity index (χ1v) is 18.2. The zero-order valence-electron chi connectivity index (χ0n) is 29.6. The van der Waals surface area contributed by atoms with Crippen molar-refractivity contribution in [2.75, 3.05) is 6.61 Å². The number of fused-ring (bicyclic) bond motifs is 5. The summed E-state index contributed by atoms with van der Waals surface area (Å²) in [5, 5.41) is 54.0. The SMILES string of the molecule is CC(=O)O[C@@H]1C[C@@]23C[C@@]24CC[C@H](O[C@@H]2OC[C@H](O)[C@H](O)[C@H]2O)C(C)(C)[C@@H]4CC=C3[C@]2(C)C[C@@H]3O[C@@]4(O)[C@H](OC(C)(C)[C@H]4O)[C@@H](C)[C@@H]3[C@@]12C. The van der Waals surface area contributed by atoms with Gasteiger partial charge in [-0.3, -0.25) is 4.79 Å². The second-order valence-corrected chi connectivity index (χ2v) is 18.5. The number of hydrogen-bond donors (Lipinski definition) is 5. The number of carbonyl (C=O) groups excluding carboxylic acids is 1. The fraction of sp³-hybridized carbons (Fsp3) is 0.919. The topological polar surface area (TPSA) is 164 Å². The van der Waals surface area contributed by atoms with Gasteiger partial charge < -0.3 is 49.2 Å². The van der Waals surface area contributed by atoms with Gasteiger partial charge in [0.1, 0.15) is 36.6 Å². The number of aliphatic hydroxyl groups excluding tert-OH is 4. The van der Waals surface area contributed by atoms with Gasteiger partial charge in [-0.1, -0.05) is 46.3 Å². The van der Waals surface area contributed by atoms with E-state index in [4.69, 9.17) is 23.7 Å². The number of ether oxygens (including phenoxy) is 5. The molecular formula is C37H56O11. The minimum Gasteiger partial charge on any atom is -0.462 e. The van der Waals surface area contributed by atoms with Crippen molar-refractivity contribution in [1.29, 1.82) is 0 Å². The second-order valence-electron chi connectivity index (χ2n) is 18.5. The molecule has 8 rings (SSSR count). The molecule has 11 heteroatoms. The zero-order valence-corrected chi connectivity index (χ0v) is 29.6. The van der Waals surface area contributed by atoms with Gasteiger partial charge in [0, 0.05) is 29.1 Å². The monoisotopic (exact) mass is 676 g/mol. The van der Waals surface area contributed by atoms with E-state index in [2.05, 4.69) is 40.7 Å². The highest BCUT2D eigenvalue weighted by Crippen LogP contribution is 2.88. The molecule has 11 nitrogen and oxygen atoms in total. The lowest BCUT2D eigenvalue weighted by Gasteiger charge is -2.62. The highest BCUT2D eigenvalue weighted by molar-refractivity contribution is 5.66. The van der Waals surface area contributed by atoms with E-state index in [9.17, 15) is 30.3 Å². The Balaban J connectivity index is 1.15. The molecule has 4 saturated carbocycles. The summed E-state index contributed by atoms with van der Waals surface area (Å²) in [6, 6.07) is 0. The average molecular weight is 677 g/mol. The van der Waals surface area contributed by atoms with E-state index >= 15 is 0 Å². The third-order valence-electron chi connectivity index (χ3n) is 15.8. The molecule has 7 fully saturated rings. The van der Waals surface area contributed by atoms with E-state index < -0.39 is 59.0 Å². The van der Waals surface area contributed by atoms with Gasteiger partial charge in [-0.2, -0.15) is 0 Å². The molecule has 3 heterocycles. The maximum Gasteiger partial charge on any atom is 0.302 e. The van der Waals surface area contributed by atoms with Crippen LogP contribution in [0.25, 0.3) is 0 Å². The molecule has 17 atom stereocenters. The van der Waals surface area contributed by atoms with E-state index in [1.807, 2.05) is 0 Å². The lowest BCUT2D eigenvalue weighted by atomic mass is 9.44. The molecule has 0 aromatic heterocycles. The molecule has 3 aliphatic heterocycles. The summed E-state index contributed by atoms with van der Waals surface area (Å²) in [6.45, 7) is 16.1. The minimum absolute atomic E-state index is 0.0107. The van der Waals surface area contributed by atoms with Crippen LogP contribution in [0, 0.1) is 44.8 Å². The summed E-state index contributed by atoms with van der Waals surface area (Å²) in [5.41, 5.74) is -0.907. The summed E-state index contributed by atoms with van der Waals surface area (Å²) in [7, 11) is 0. The van der Waals surface area contributed by atoms with Crippen LogP contribution in [0.5, 0.6) is 0 Å². The molecular weight excluding hydrogens is 620 g/mol. The summed E-state index contributed by atoms with van der Waals surface area (Å²) in [4.78, 5) is 12.9. The zero-order chi connectivity index (χ0) is 34.8. The van der Waals surface area contributed by atoms with Crippen LogP contribution in [0.2, 0.25) is 0 Å². The predicted molar refractivity (Wildman–Crippen MR) is 170 cm³/mol. The van der Waals surface area contributed by atoms with E-state index in [0.717, 1.165) is 32.1 Å². The van der Waals surface area contributed by atoms with Crippen LogP contribution in [-0.4, -0.2) is 105 Å². The van der Waals surface area contributed by atoms with Crippen LogP contribution in [-0.2, 0) is 28.5 Å². The fourth-order valence-electron chi connectivity index (χ4n) is 13.5. The molecule has 8 aliphatic rings. The Labute approximate surface area is 283 Å². The van der Waals surface area contributed by atoms with Crippen molar-refractivity contribution < 1.29 is 54.0 Å². The van der Waals surface area contributed by atoms with Crippen molar-refractivity contribution in [2.24, 2.45) is 44.8 Å². The molecule has 0 radical (unpaired) electrons. The van der Waals surface area contributed by atoms with Gasteiger partial charge >= 0.3 is 5.97 Å². The summed E-state index contributed by atoms with van der Waals surface area (Å²) in [6.07, 6.45) is -0.377. The smallest absolute Gasteiger partial charge is 0.302 e. The summed E-state index contributed by atoms with van der Waals surface area (Å²) in [5.74, 6) is -2.11. The third kappa shape index (κ3) is 3.89. The molecule has 0 unspecified atom stereocenters. The van der Waals surface area contributed by atoms with Gasteiger partial charge in [0.2, 0.25) is 5.79 Å². The molecule has 48 heavy (non-hydrogen) atoms. The van der Waals surface area contributed by atoms with Crippen molar-refractivity contribution >= 4 is 5.97 Å². The largest absolute Gasteiger partial charge is 0.462 e. The Kier molecular flexibility index (Phi) is 7.10. The quantitative estimate of drug-likeness (QED) is 0.221. The van der Waals surface area contributed by atoms with Crippen LogP contribution >= 0.6 is 0 Å². The number of esters is 1. The van der Waals surface area contributed by atoms with Crippen LogP contribution in [0.15, 0.2) is 11.6 Å². The van der Waals surface area contributed by atoms with E-state index in [-0.39, 0.29) is 64.9 Å². The normalized spacial score (nSPS) is 58.7. The standard InChI is InChI=1S/C37H56O11/c1-17-25-20(47-37(43)28(17)48-32(5,6)30(37)42)13-33(7)22-10-9-21-31(3,4)23(46-29-27(41)26(40)19(39)15-44-29)11-12-35(21)16-36(22,35)14-24(34(25,33)8)45-18(2)38/h10,17,19-21,23-30,39-43H,9,11-16H2,1-8H3/t17-,19-,20-,21-,23-,24+,25-,26-,27+,28+,29-,30+,33-,34+,35+,36-,37-/m0/s1. The molecule has 0 aromatic carbocycles. The molecule has 5 N–H and O–H groups in total. The van der Waals surface area contributed by atoms with E-state index in [1.165, 1.54) is 12.5 Å². The van der Waals surface area contributed by atoms with Crippen molar-refractivity contribution in [3.05, 3.63) is 11.6 Å². The van der Waals surface area contributed by atoms with Gasteiger partial charge in [0.25, 0.3) is 0 Å². The predicted octanol–water partition coefficient (Wildman–Crippen LogP) is 2.58. The van der Waals surface area contributed by atoms with Crippen LogP contribution < -0.4 is 0 Å². The number of aliphatic hydroxyl groups is 5. The van der Waals surface area contributed by atoms with Crippen LogP contribution in [0.1, 0.15) is 93.9 Å². The molecule has 0 amide bonds. The number of rotatable bonds is 3. The highest BCUT2D eigenvalue weighted by Gasteiger charge is 2.85. The molecule has 0 bridgehead atoms. The highest BCUT2D eigenvalue weighted by atomic mass is 16.7. The van der Waals surface area contributed by atoms with Gasteiger partial charge in [0.15, 0.2) is 6.29 Å². The molecule has 2 spiro atoms. The minimum atomic E-state index is -1.82. The van der Waals surface area contributed by atoms with Crippen molar-refractivity contribution in [1.82, 2.24) is 0 Å². The Bertz CT molecular complexity index is 1410. The van der Waals surface area contributed by atoms with Crippen molar-refractivity contribution in [3.63, 3.8) is 0 Å². The van der Waals surface area contributed by atoms with Crippen LogP contribution in [0.3, 0.4) is 0 Å². The fourth-order valence-corrected chi connectivity index (χ4v) is 13.5. The molecule has 0 aromatic rings. The van der Waals surface area contributed by atoms with Crippen molar-refractivity contribution in [3.8, 4) is 0 Å². The van der Waals surface area contributed by atoms with E-state index in [1.54, 1.807) is 13.8 Å². The number of hydrogen-bond acceptors (Lipinski definition) is 11. The summed E-state index contributed by atoms with van der Waals surface area (Å²) >= 11 is 0. The third-order valence-corrected chi connectivity index (χ3v) is 15.8. The lowest BCUT2D eigenvalue weighted by molar-refractivity contribution is -0.329. The molecule has 3 saturated heterocycles. The summed E-state index contributed by atoms with van der Waals surface area (Å²) < 4.78 is 31.5. The first kappa shape index (κ1) is 34.0. The number of allylic oxidation sites excluding steroid dienone is 2. The second kappa shape index (κ2) is 10.0. The van der Waals surface area contributed by atoms with Crippen molar-refractivity contribution in [2.45, 2.75) is 160 Å². The molecule has 270 valence electrons. The van der Waals surface area contributed by atoms with Gasteiger partial charge in [-0.05, 0) is 75.0 Å². The first-order valence-electron chi connectivity index (χ1n) is 18.2. The van der Waals surface area contributed by atoms with E-state index in [0.29, 0.717) is 6.42 Å². The van der Waals surface area contributed by atoms with Crippen LogP contribution in [0.4, 0.5) is 0 Å². The maximum atomic E-state index is 12.9.